The minimum atomic E-state index is -0.357. The zero-order valence-electron chi connectivity index (χ0n) is 7.18. The molecule has 0 radical (unpaired) electrons. The summed E-state index contributed by atoms with van der Waals surface area (Å²) in [5.74, 6) is 0.490. The number of hydrogen-bond acceptors (Lipinski definition) is 2. The highest BCUT2D eigenvalue weighted by Crippen LogP contribution is 2.20. The van der Waals surface area contributed by atoms with Crippen molar-refractivity contribution in [3.8, 4) is 0 Å². The van der Waals surface area contributed by atoms with Crippen molar-refractivity contribution in [1.29, 1.82) is 0 Å². The molecule has 0 fully saturated rings. The van der Waals surface area contributed by atoms with Crippen LogP contribution in [0.4, 0.5) is 0 Å². The Balaban J connectivity index is 2.78. The van der Waals surface area contributed by atoms with Gasteiger partial charge in [-0.05, 0) is 13.8 Å². The third kappa shape index (κ3) is 2.03. The topological polar surface area (TPSA) is 38.7 Å². The maximum Gasteiger partial charge on any atom is 0.252 e. The molecule has 0 bridgehead atoms. The molecule has 1 aliphatic rings. The fourth-order valence-corrected chi connectivity index (χ4v) is 1.07. The largest absolute Gasteiger partial charge is 0.474 e. The van der Waals surface area contributed by atoms with Gasteiger partial charge in [0.25, 0.3) is 5.91 Å². The maximum atomic E-state index is 11.0. The third-order valence-electron chi connectivity index (χ3n) is 1.52. The Kier molecular flexibility index (Phi) is 1.98. The first-order valence-electron chi connectivity index (χ1n) is 3.83. The molecule has 1 amide bonds. The first-order valence-corrected chi connectivity index (χ1v) is 3.83. The second kappa shape index (κ2) is 2.64. The van der Waals surface area contributed by atoms with E-state index in [9.17, 15) is 4.79 Å². The van der Waals surface area contributed by atoms with Crippen LogP contribution in [0.25, 0.3) is 0 Å². The summed E-state index contributed by atoms with van der Waals surface area (Å²) in [4.78, 5) is 14.7. The second-order valence-corrected chi connectivity index (χ2v) is 3.29. The summed E-state index contributed by atoms with van der Waals surface area (Å²) in [6, 6.07) is 0. The van der Waals surface area contributed by atoms with Crippen molar-refractivity contribution in [3.05, 3.63) is 0 Å². The molecule has 1 heterocycles. The lowest BCUT2D eigenvalue weighted by molar-refractivity contribution is -0.123. The van der Waals surface area contributed by atoms with Gasteiger partial charge in [0.15, 0.2) is 5.90 Å². The van der Waals surface area contributed by atoms with E-state index in [1.807, 2.05) is 20.8 Å². The predicted octanol–water partition coefficient (Wildman–Crippen LogP) is 1.52. The standard InChI is InChI=1S/C8H13NO2/c1-4-7-9-6(10)5-8(2,3)11-7/h4-5H2,1-3H3. The number of rotatable bonds is 1. The Morgan fingerprint density at radius 2 is 2.27 bits per heavy atom. The summed E-state index contributed by atoms with van der Waals surface area (Å²) < 4.78 is 5.42. The molecule has 0 aromatic rings. The fraction of sp³-hybridized carbons (Fsp3) is 0.750. The van der Waals surface area contributed by atoms with Crippen LogP contribution in [-0.2, 0) is 9.53 Å². The lowest BCUT2D eigenvalue weighted by atomic mass is 10.0. The van der Waals surface area contributed by atoms with Gasteiger partial charge in [-0.2, -0.15) is 4.99 Å². The van der Waals surface area contributed by atoms with Gasteiger partial charge >= 0.3 is 0 Å². The van der Waals surface area contributed by atoms with Crippen molar-refractivity contribution in [3.63, 3.8) is 0 Å². The summed E-state index contributed by atoms with van der Waals surface area (Å²) in [6.07, 6.45) is 1.08. The van der Waals surface area contributed by atoms with Gasteiger partial charge in [-0.3, -0.25) is 4.79 Å². The van der Waals surface area contributed by atoms with E-state index < -0.39 is 0 Å². The summed E-state index contributed by atoms with van der Waals surface area (Å²) in [6.45, 7) is 5.72. The molecule has 3 nitrogen and oxygen atoms in total. The molecule has 0 aromatic carbocycles. The smallest absolute Gasteiger partial charge is 0.252 e. The van der Waals surface area contributed by atoms with Crippen LogP contribution in [0.1, 0.15) is 33.6 Å². The molecule has 1 aliphatic heterocycles. The minimum absolute atomic E-state index is 0.0712. The van der Waals surface area contributed by atoms with Gasteiger partial charge in [-0.15, -0.1) is 0 Å². The molecule has 0 unspecified atom stereocenters. The van der Waals surface area contributed by atoms with E-state index in [-0.39, 0.29) is 11.5 Å². The van der Waals surface area contributed by atoms with Gasteiger partial charge in [0.2, 0.25) is 0 Å². The van der Waals surface area contributed by atoms with Crippen LogP contribution in [0, 0.1) is 0 Å². The Bertz CT molecular complexity index is 206. The van der Waals surface area contributed by atoms with Gasteiger partial charge < -0.3 is 4.74 Å². The van der Waals surface area contributed by atoms with Crippen LogP contribution < -0.4 is 0 Å². The van der Waals surface area contributed by atoms with E-state index in [0.717, 1.165) is 0 Å². The van der Waals surface area contributed by atoms with Crippen LogP contribution in [0.5, 0.6) is 0 Å². The Morgan fingerprint density at radius 3 is 2.73 bits per heavy atom. The number of amides is 1. The van der Waals surface area contributed by atoms with Gasteiger partial charge in [-0.1, -0.05) is 6.92 Å². The highest BCUT2D eigenvalue weighted by Gasteiger charge is 2.29. The Hall–Kier alpha value is -0.860. The third-order valence-corrected chi connectivity index (χ3v) is 1.52. The van der Waals surface area contributed by atoms with E-state index in [1.165, 1.54) is 0 Å². The summed E-state index contributed by atoms with van der Waals surface area (Å²) in [7, 11) is 0. The van der Waals surface area contributed by atoms with Crippen molar-refractivity contribution in [2.75, 3.05) is 0 Å². The van der Waals surface area contributed by atoms with E-state index in [0.29, 0.717) is 18.7 Å². The highest BCUT2D eigenvalue weighted by atomic mass is 16.5. The molecule has 0 N–H and O–H groups in total. The Labute approximate surface area is 66.5 Å². The second-order valence-electron chi connectivity index (χ2n) is 3.29. The number of carbonyl (C=O) groups is 1. The SMILES string of the molecule is CCC1=NC(=O)CC(C)(C)O1. The minimum Gasteiger partial charge on any atom is -0.474 e. The number of hydrogen-bond donors (Lipinski definition) is 0. The predicted molar refractivity (Wildman–Crippen MR) is 42.5 cm³/mol. The van der Waals surface area contributed by atoms with Crippen molar-refractivity contribution in [2.45, 2.75) is 39.2 Å². The summed E-state index contributed by atoms with van der Waals surface area (Å²) >= 11 is 0. The van der Waals surface area contributed by atoms with Gasteiger partial charge in [0, 0.05) is 6.42 Å². The average molecular weight is 155 g/mol. The zero-order chi connectivity index (χ0) is 8.48. The normalized spacial score (nSPS) is 22.5. The quantitative estimate of drug-likeness (QED) is 0.575. The Morgan fingerprint density at radius 1 is 1.64 bits per heavy atom. The fourth-order valence-electron chi connectivity index (χ4n) is 1.07. The molecule has 11 heavy (non-hydrogen) atoms. The first kappa shape index (κ1) is 8.24. The van der Waals surface area contributed by atoms with Crippen LogP contribution in [-0.4, -0.2) is 17.4 Å². The van der Waals surface area contributed by atoms with E-state index in [1.54, 1.807) is 0 Å². The lowest BCUT2D eigenvalue weighted by Crippen LogP contribution is -2.34. The van der Waals surface area contributed by atoms with Gasteiger partial charge in [0.1, 0.15) is 5.60 Å². The molecule has 3 heteroatoms. The number of aliphatic imine (C=N–C) groups is 1. The maximum absolute atomic E-state index is 11.0. The summed E-state index contributed by atoms with van der Waals surface area (Å²) in [5, 5.41) is 0. The molecule has 0 saturated carbocycles. The van der Waals surface area contributed by atoms with Crippen LogP contribution >= 0.6 is 0 Å². The number of nitrogens with zero attached hydrogens (tertiary/aromatic N) is 1. The van der Waals surface area contributed by atoms with Crippen LogP contribution in [0.2, 0.25) is 0 Å². The number of ether oxygens (including phenoxy) is 1. The van der Waals surface area contributed by atoms with Crippen molar-refractivity contribution < 1.29 is 9.53 Å². The molecule has 62 valence electrons. The molecule has 0 saturated heterocycles. The van der Waals surface area contributed by atoms with E-state index in [4.69, 9.17) is 4.74 Å². The van der Waals surface area contributed by atoms with Crippen LogP contribution in [0.3, 0.4) is 0 Å². The molecular formula is C8H13NO2. The molecule has 0 aliphatic carbocycles. The van der Waals surface area contributed by atoms with E-state index in [2.05, 4.69) is 4.99 Å². The average Bonchev–Trinajstić information content (AvgIpc) is 1.83. The monoisotopic (exact) mass is 155 g/mol. The molecule has 0 atom stereocenters. The van der Waals surface area contributed by atoms with Crippen molar-refractivity contribution >= 4 is 11.8 Å². The molecular weight excluding hydrogens is 142 g/mol. The van der Waals surface area contributed by atoms with Gasteiger partial charge in [-0.25, -0.2) is 0 Å². The molecule has 1 rings (SSSR count). The molecule has 0 spiro atoms. The zero-order valence-corrected chi connectivity index (χ0v) is 7.18. The van der Waals surface area contributed by atoms with Crippen molar-refractivity contribution in [2.24, 2.45) is 4.99 Å². The number of carbonyl (C=O) groups excluding carboxylic acids is 1. The first-order chi connectivity index (χ1) is 5.03. The van der Waals surface area contributed by atoms with Gasteiger partial charge in [0.05, 0.1) is 6.42 Å². The van der Waals surface area contributed by atoms with Crippen molar-refractivity contribution in [1.82, 2.24) is 0 Å². The van der Waals surface area contributed by atoms with E-state index >= 15 is 0 Å². The summed E-state index contributed by atoms with van der Waals surface area (Å²) in [5.41, 5.74) is -0.357. The molecule has 0 aromatic heterocycles. The lowest BCUT2D eigenvalue weighted by Gasteiger charge is -2.28. The highest BCUT2D eigenvalue weighted by molar-refractivity contribution is 5.94. The van der Waals surface area contributed by atoms with Crippen LogP contribution in [0.15, 0.2) is 4.99 Å².